The number of carbonyl (C=O) groups is 1. The smallest absolute Gasteiger partial charge is 0.386 e. The SMILES string of the molecule is O=C(NC[C@H](O)c1cccs1)N[C@@H]1CCC[C@@H](C(F)(F)F)C1. The van der Waals surface area contributed by atoms with Crippen LogP contribution >= 0.6 is 11.3 Å². The molecule has 8 heteroatoms. The summed E-state index contributed by atoms with van der Waals surface area (Å²) in [6.07, 6.45) is -3.96. The monoisotopic (exact) mass is 336 g/mol. The highest BCUT2D eigenvalue weighted by Crippen LogP contribution is 2.37. The second kappa shape index (κ2) is 7.32. The first-order chi connectivity index (χ1) is 10.4. The first-order valence-electron chi connectivity index (χ1n) is 7.19. The highest BCUT2D eigenvalue weighted by molar-refractivity contribution is 7.10. The number of thiophene rings is 1. The Labute approximate surface area is 130 Å². The molecule has 0 aromatic carbocycles. The molecule has 4 nitrogen and oxygen atoms in total. The van der Waals surface area contributed by atoms with Crippen molar-refractivity contribution in [2.24, 2.45) is 5.92 Å². The number of amides is 2. The van der Waals surface area contributed by atoms with Crippen LogP contribution < -0.4 is 10.6 Å². The third-order valence-corrected chi connectivity index (χ3v) is 4.77. The molecule has 0 spiro atoms. The summed E-state index contributed by atoms with van der Waals surface area (Å²) in [6, 6.07) is 2.54. The number of hydrogen-bond donors (Lipinski definition) is 3. The summed E-state index contributed by atoms with van der Waals surface area (Å²) < 4.78 is 38.1. The summed E-state index contributed by atoms with van der Waals surface area (Å²) in [5.41, 5.74) is 0. The number of nitrogens with one attached hydrogen (secondary N) is 2. The van der Waals surface area contributed by atoms with Crippen LogP contribution in [0.15, 0.2) is 17.5 Å². The van der Waals surface area contributed by atoms with Gasteiger partial charge in [0.15, 0.2) is 0 Å². The number of alkyl halides is 3. The van der Waals surface area contributed by atoms with E-state index in [1.54, 1.807) is 12.1 Å². The first-order valence-corrected chi connectivity index (χ1v) is 8.06. The van der Waals surface area contributed by atoms with Crippen LogP contribution in [0.5, 0.6) is 0 Å². The van der Waals surface area contributed by atoms with Crippen molar-refractivity contribution in [3.8, 4) is 0 Å². The van der Waals surface area contributed by atoms with Crippen molar-refractivity contribution < 1.29 is 23.1 Å². The van der Waals surface area contributed by atoms with Crippen LogP contribution in [0, 0.1) is 5.92 Å². The molecular formula is C14H19F3N2O2S. The fourth-order valence-corrected chi connectivity index (χ4v) is 3.34. The number of aliphatic hydroxyl groups is 1. The lowest BCUT2D eigenvalue weighted by Crippen LogP contribution is -2.46. The van der Waals surface area contributed by atoms with Gasteiger partial charge in [0.05, 0.1) is 12.5 Å². The van der Waals surface area contributed by atoms with Crippen LogP contribution in [0.3, 0.4) is 0 Å². The molecule has 1 fully saturated rings. The van der Waals surface area contributed by atoms with E-state index in [-0.39, 0.29) is 19.4 Å². The molecule has 2 amide bonds. The average Bonchev–Trinajstić information content (AvgIpc) is 2.98. The summed E-state index contributed by atoms with van der Waals surface area (Å²) >= 11 is 1.37. The Balaban J connectivity index is 1.75. The fraction of sp³-hybridized carbons (Fsp3) is 0.643. The fourth-order valence-electron chi connectivity index (χ4n) is 2.63. The van der Waals surface area contributed by atoms with E-state index in [4.69, 9.17) is 0 Å². The molecule has 0 radical (unpaired) electrons. The number of urea groups is 1. The number of rotatable bonds is 4. The predicted molar refractivity (Wildman–Crippen MR) is 77.6 cm³/mol. The average molecular weight is 336 g/mol. The lowest BCUT2D eigenvalue weighted by molar-refractivity contribution is -0.183. The molecule has 1 saturated carbocycles. The van der Waals surface area contributed by atoms with Gasteiger partial charge in [0.2, 0.25) is 0 Å². The van der Waals surface area contributed by atoms with Crippen LogP contribution in [0.25, 0.3) is 0 Å². The van der Waals surface area contributed by atoms with Crippen molar-refractivity contribution in [1.82, 2.24) is 10.6 Å². The van der Waals surface area contributed by atoms with Gasteiger partial charge in [-0.3, -0.25) is 0 Å². The largest absolute Gasteiger partial charge is 0.391 e. The van der Waals surface area contributed by atoms with Crippen LogP contribution in [-0.4, -0.2) is 29.9 Å². The predicted octanol–water partition coefficient (Wildman–Crippen LogP) is 3.20. The summed E-state index contributed by atoms with van der Waals surface area (Å²) in [4.78, 5) is 12.5. The number of hydrogen-bond acceptors (Lipinski definition) is 3. The molecular weight excluding hydrogens is 317 g/mol. The molecule has 0 unspecified atom stereocenters. The standard InChI is InChI=1S/C14H19F3N2O2S/c15-14(16,17)9-3-1-4-10(7-9)19-13(21)18-8-11(20)12-5-2-6-22-12/h2,5-6,9-11,20H,1,3-4,7-8H2,(H2,18,19,21)/t9-,10-,11+/m1/s1. The summed E-state index contributed by atoms with van der Waals surface area (Å²) in [5, 5.41) is 16.7. The maximum Gasteiger partial charge on any atom is 0.391 e. The van der Waals surface area contributed by atoms with E-state index >= 15 is 0 Å². The van der Waals surface area contributed by atoms with E-state index in [1.807, 2.05) is 5.38 Å². The molecule has 0 aliphatic heterocycles. The zero-order valence-corrected chi connectivity index (χ0v) is 12.7. The minimum atomic E-state index is -4.20. The molecule has 1 aromatic rings. The summed E-state index contributed by atoms with van der Waals surface area (Å²) in [7, 11) is 0. The van der Waals surface area contributed by atoms with Gasteiger partial charge < -0.3 is 15.7 Å². The van der Waals surface area contributed by atoms with E-state index in [0.717, 1.165) is 4.88 Å². The van der Waals surface area contributed by atoms with Crippen molar-refractivity contribution in [3.05, 3.63) is 22.4 Å². The van der Waals surface area contributed by atoms with Crippen molar-refractivity contribution in [2.45, 2.75) is 44.0 Å². The van der Waals surface area contributed by atoms with E-state index < -0.39 is 30.3 Å². The number of carbonyl (C=O) groups excluding carboxylic acids is 1. The molecule has 3 atom stereocenters. The summed E-state index contributed by atoms with van der Waals surface area (Å²) in [6.45, 7) is 0.0295. The van der Waals surface area contributed by atoms with Crippen LogP contribution in [0.2, 0.25) is 0 Å². The Morgan fingerprint density at radius 2 is 2.23 bits per heavy atom. The molecule has 1 heterocycles. The van der Waals surface area contributed by atoms with Crippen LogP contribution in [0.1, 0.15) is 36.7 Å². The Morgan fingerprint density at radius 1 is 1.45 bits per heavy atom. The maximum absolute atomic E-state index is 12.7. The molecule has 124 valence electrons. The molecule has 2 rings (SSSR count). The minimum Gasteiger partial charge on any atom is -0.386 e. The van der Waals surface area contributed by atoms with Gasteiger partial charge >= 0.3 is 12.2 Å². The van der Waals surface area contributed by atoms with Gasteiger partial charge in [-0.25, -0.2) is 4.79 Å². The van der Waals surface area contributed by atoms with E-state index in [9.17, 15) is 23.1 Å². The van der Waals surface area contributed by atoms with Crippen LogP contribution in [0.4, 0.5) is 18.0 Å². The summed E-state index contributed by atoms with van der Waals surface area (Å²) in [5.74, 6) is -1.34. The normalized spacial score (nSPS) is 23.8. The Hall–Kier alpha value is -1.28. The molecule has 22 heavy (non-hydrogen) atoms. The maximum atomic E-state index is 12.7. The number of aliphatic hydroxyl groups excluding tert-OH is 1. The first kappa shape index (κ1) is 17.1. The minimum absolute atomic E-state index is 0.0295. The van der Waals surface area contributed by atoms with Gasteiger partial charge in [-0.15, -0.1) is 11.3 Å². The van der Waals surface area contributed by atoms with E-state index in [1.165, 1.54) is 11.3 Å². The molecule has 1 aliphatic rings. The van der Waals surface area contributed by atoms with Crippen molar-refractivity contribution in [1.29, 1.82) is 0 Å². The van der Waals surface area contributed by atoms with Gasteiger partial charge in [-0.1, -0.05) is 12.5 Å². The topological polar surface area (TPSA) is 61.4 Å². The number of halogens is 3. The van der Waals surface area contributed by atoms with E-state index in [2.05, 4.69) is 10.6 Å². The quantitative estimate of drug-likeness (QED) is 0.791. The zero-order chi connectivity index (χ0) is 16.2. The Bertz CT molecular complexity index is 479. The van der Waals surface area contributed by atoms with Crippen LogP contribution in [-0.2, 0) is 0 Å². The van der Waals surface area contributed by atoms with Gasteiger partial charge in [0.1, 0.15) is 6.10 Å². The zero-order valence-electron chi connectivity index (χ0n) is 11.9. The second-order valence-corrected chi connectivity index (χ2v) is 6.47. The second-order valence-electron chi connectivity index (χ2n) is 5.49. The molecule has 0 bridgehead atoms. The van der Waals surface area contributed by atoms with Crippen molar-refractivity contribution in [3.63, 3.8) is 0 Å². The Morgan fingerprint density at radius 3 is 2.86 bits per heavy atom. The third kappa shape index (κ3) is 4.88. The van der Waals surface area contributed by atoms with E-state index in [0.29, 0.717) is 12.8 Å². The molecule has 1 aromatic heterocycles. The molecule has 3 N–H and O–H groups in total. The molecule has 1 aliphatic carbocycles. The Kier molecular flexibility index (Phi) is 5.69. The lowest BCUT2D eigenvalue weighted by Gasteiger charge is -2.31. The van der Waals surface area contributed by atoms with Gasteiger partial charge in [-0.2, -0.15) is 13.2 Å². The lowest BCUT2D eigenvalue weighted by atomic mass is 9.85. The van der Waals surface area contributed by atoms with Crippen molar-refractivity contribution in [2.75, 3.05) is 6.54 Å². The van der Waals surface area contributed by atoms with Gasteiger partial charge in [0, 0.05) is 10.9 Å². The van der Waals surface area contributed by atoms with Gasteiger partial charge in [-0.05, 0) is 30.7 Å². The molecule has 0 saturated heterocycles. The van der Waals surface area contributed by atoms with Crippen molar-refractivity contribution >= 4 is 17.4 Å². The highest BCUT2D eigenvalue weighted by Gasteiger charge is 2.42. The third-order valence-electron chi connectivity index (χ3n) is 3.80. The van der Waals surface area contributed by atoms with Gasteiger partial charge in [0.25, 0.3) is 0 Å². The highest BCUT2D eigenvalue weighted by atomic mass is 32.1.